The molecule has 0 unspecified atom stereocenters. The molecule has 0 aromatic heterocycles. The van der Waals surface area contributed by atoms with E-state index in [4.69, 9.17) is 5.11 Å². The van der Waals surface area contributed by atoms with E-state index >= 15 is 0 Å². The summed E-state index contributed by atoms with van der Waals surface area (Å²) in [6.07, 6.45) is 6.93. The van der Waals surface area contributed by atoms with Gasteiger partial charge in [0.25, 0.3) is 0 Å². The Balaban J connectivity index is 0.000000318. The molecule has 0 spiro atoms. The summed E-state index contributed by atoms with van der Waals surface area (Å²) in [5.41, 5.74) is 2.21. The van der Waals surface area contributed by atoms with E-state index in [1.807, 2.05) is 48.6 Å². The number of hydrogen-bond acceptors (Lipinski definition) is 1. The van der Waals surface area contributed by atoms with Crippen molar-refractivity contribution >= 4 is 0 Å². The molecule has 0 heterocycles. The van der Waals surface area contributed by atoms with Crippen LogP contribution >= 0.6 is 0 Å². The van der Waals surface area contributed by atoms with Gasteiger partial charge in [-0.05, 0) is 18.9 Å². The van der Waals surface area contributed by atoms with Gasteiger partial charge in [0.2, 0.25) is 0 Å². The van der Waals surface area contributed by atoms with Crippen LogP contribution in [0.2, 0.25) is 0 Å². The molecule has 1 N–H and O–H groups in total. The zero-order chi connectivity index (χ0) is 11.1. The van der Waals surface area contributed by atoms with Crippen molar-refractivity contribution in [2.24, 2.45) is 0 Å². The smallest absolute Gasteiger partial charge is 0.0966 e. The van der Waals surface area contributed by atoms with Gasteiger partial charge in [0.1, 0.15) is 0 Å². The van der Waals surface area contributed by atoms with Gasteiger partial charge in [-0.3, -0.25) is 0 Å². The average molecular weight is 257 g/mol. The molecule has 16 heavy (non-hydrogen) atoms. The van der Waals surface area contributed by atoms with Crippen molar-refractivity contribution in [2.75, 3.05) is 0 Å². The summed E-state index contributed by atoms with van der Waals surface area (Å²) in [6.45, 7) is 3.80. The van der Waals surface area contributed by atoms with Crippen LogP contribution in [0.5, 0.6) is 0 Å². The molecule has 2 rings (SSSR count). The van der Waals surface area contributed by atoms with Crippen LogP contribution in [0.4, 0.5) is 0 Å². The van der Waals surface area contributed by atoms with Crippen LogP contribution in [0, 0.1) is 0 Å². The van der Waals surface area contributed by atoms with Gasteiger partial charge in [0.15, 0.2) is 0 Å². The number of hydrogen-bond donors (Lipinski definition) is 1. The Kier molecular flexibility index (Phi) is 7.53. The minimum atomic E-state index is 0. The maximum absolute atomic E-state index is 9.14. The standard InChI is InChI=1S/C9H12O.C5H5.Fe/c1-3-8-5-4-6-9(8)7(2)10;1-2-4-5-3-1;/h4-6,10H,3H2,1-2H3;1-5H;/q;-1;/b9-7-;;. The third kappa shape index (κ3) is 4.61. The van der Waals surface area contributed by atoms with Gasteiger partial charge in [0, 0.05) is 22.6 Å². The molecule has 0 aliphatic heterocycles. The second-order valence-corrected chi connectivity index (χ2v) is 3.37. The van der Waals surface area contributed by atoms with Crippen molar-refractivity contribution in [3.63, 3.8) is 0 Å². The van der Waals surface area contributed by atoms with Gasteiger partial charge in [-0.25, -0.2) is 12.1 Å². The number of aliphatic hydroxyl groups is 1. The third-order valence-electron chi connectivity index (χ3n) is 2.23. The second kappa shape index (κ2) is 8.09. The molecule has 1 aliphatic carbocycles. The fraction of sp³-hybridized carbons (Fsp3) is 0.214. The van der Waals surface area contributed by atoms with Crippen LogP contribution in [-0.4, -0.2) is 5.11 Å². The molecule has 2 heteroatoms. The summed E-state index contributed by atoms with van der Waals surface area (Å²) in [5.74, 6) is 0.418. The van der Waals surface area contributed by atoms with Gasteiger partial charge in [-0.15, -0.1) is 0 Å². The monoisotopic (exact) mass is 257 g/mol. The van der Waals surface area contributed by atoms with E-state index in [0.717, 1.165) is 12.0 Å². The van der Waals surface area contributed by atoms with E-state index < -0.39 is 0 Å². The molecule has 1 nitrogen and oxygen atoms in total. The largest absolute Gasteiger partial charge is 0.512 e. The Morgan fingerprint density at radius 2 is 1.94 bits per heavy atom. The number of allylic oxidation sites excluding steroid dienone is 6. The molecule has 0 saturated heterocycles. The van der Waals surface area contributed by atoms with Gasteiger partial charge in [-0.2, -0.15) is 18.2 Å². The van der Waals surface area contributed by atoms with E-state index in [-0.39, 0.29) is 17.1 Å². The minimum absolute atomic E-state index is 0. The SMILES string of the molecule is CCC1=CC=C/C1=C(\C)O.[Fe].c1cc[cH-]c1. The molecule has 0 amide bonds. The first-order valence-corrected chi connectivity index (χ1v) is 5.19. The van der Waals surface area contributed by atoms with E-state index in [2.05, 4.69) is 6.92 Å². The molecule has 0 radical (unpaired) electrons. The summed E-state index contributed by atoms with van der Waals surface area (Å²) >= 11 is 0. The molecule has 0 bridgehead atoms. The Bertz CT molecular complexity index is 348. The minimum Gasteiger partial charge on any atom is -0.512 e. The van der Waals surface area contributed by atoms with E-state index in [1.54, 1.807) is 6.92 Å². The molecular formula is C14H17FeO-. The Morgan fingerprint density at radius 3 is 2.25 bits per heavy atom. The van der Waals surface area contributed by atoms with E-state index in [0.29, 0.717) is 5.76 Å². The molecule has 0 fully saturated rings. The van der Waals surface area contributed by atoms with Crippen molar-refractivity contribution in [2.45, 2.75) is 20.3 Å². The zero-order valence-electron chi connectivity index (χ0n) is 9.63. The second-order valence-electron chi connectivity index (χ2n) is 3.37. The summed E-state index contributed by atoms with van der Waals surface area (Å²) in [6, 6.07) is 10.0. The van der Waals surface area contributed by atoms with Crippen LogP contribution < -0.4 is 0 Å². The van der Waals surface area contributed by atoms with Crippen molar-refractivity contribution in [1.82, 2.24) is 0 Å². The first-order chi connectivity index (χ1) is 7.25. The summed E-state index contributed by atoms with van der Waals surface area (Å²) in [5, 5.41) is 9.14. The Hall–Kier alpha value is -1.11. The maximum Gasteiger partial charge on any atom is 0.0966 e. The van der Waals surface area contributed by atoms with Crippen LogP contribution in [-0.2, 0) is 17.1 Å². The predicted octanol–water partition coefficient (Wildman–Crippen LogP) is 4.13. The third-order valence-corrected chi connectivity index (χ3v) is 2.23. The van der Waals surface area contributed by atoms with Crippen LogP contribution in [0.15, 0.2) is 65.5 Å². The molecule has 0 saturated carbocycles. The van der Waals surface area contributed by atoms with Gasteiger partial charge >= 0.3 is 0 Å². The normalized spacial score (nSPS) is 15.8. The zero-order valence-corrected chi connectivity index (χ0v) is 10.7. The fourth-order valence-electron chi connectivity index (χ4n) is 1.44. The quantitative estimate of drug-likeness (QED) is 0.455. The average Bonchev–Trinajstić information content (AvgIpc) is 2.92. The van der Waals surface area contributed by atoms with Gasteiger partial charge in [0.05, 0.1) is 5.76 Å². The topological polar surface area (TPSA) is 20.2 Å². The Morgan fingerprint density at radius 1 is 1.31 bits per heavy atom. The van der Waals surface area contributed by atoms with Crippen LogP contribution in [0.3, 0.4) is 0 Å². The number of aliphatic hydroxyl groups excluding tert-OH is 1. The predicted molar refractivity (Wildman–Crippen MR) is 64.9 cm³/mol. The molecule has 88 valence electrons. The molecular weight excluding hydrogens is 240 g/mol. The Labute approximate surface area is 108 Å². The first kappa shape index (κ1) is 14.9. The van der Waals surface area contributed by atoms with Crippen molar-refractivity contribution in [3.8, 4) is 0 Å². The number of rotatable bonds is 1. The van der Waals surface area contributed by atoms with Crippen molar-refractivity contribution in [3.05, 3.63) is 65.5 Å². The molecule has 1 aromatic carbocycles. The maximum atomic E-state index is 9.14. The summed E-state index contributed by atoms with van der Waals surface area (Å²) in [7, 11) is 0. The van der Waals surface area contributed by atoms with Gasteiger partial charge in [-0.1, -0.05) is 25.2 Å². The molecule has 1 aromatic rings. The van der Waals surface area contributed by atoms with Gasteiger partial charge < -0.3 is 5.11 Å². The van der Waals surface area contributed by atoms with Crippen LogP contribution in [0.1, 0.15) is 20.3 Å². The molecule has 1 aliphatic rings. The van der Waals surface area contributed by atoms with Crippen molar-refractivity contribution < 1.29 is 22.2 Å². The van der Waals surface area contributed by atoms with Crippen molar-refractivity contribution in [1.29, 1.82) is 0 Å². The first-order valence-electron chi connectivity index (χ1n) is 5.19. The molecule has 0 atom stereocenters. The summed E-state index contributed by atoms with van der Waals surface area (Å²) < 4.78 is 0. The van der Waals surface area contributed by atoms with E-state index in [1.165, 1.54) is 5.57 Å². The summed E-state index contributed by atoms with van der Waals surface area (Å²) in [4.78, 5) is 0. The van der Waals surface area contributed by atoms with E-state index in [9.17, 15) is 0 Å². The fourth-order valence-corrected chi connectivity index (χ4v) is 1.44. The van der Waals surface area contributed by atoms with Crippen LogP contribution in [0.25, 0.3) is 0 Å².